The van der Waals surface area contributed by atoms with Gasteiger partial charge in [-0.1, -0.05) is 13.8 Å². The molecule has 1 rings (SSSR count). The summed E-state index contributed by atoms with van der Waals surface area (Å²) >= 11 is 0. The highest BCUT2D eigenvalue weighted by atomic mass is 32.2. The molecule has 1 aliphatic carbocycles. The van der Waals surface area contributed by atoms with Crippen molar-refractivity contribution in [1.29, 1.82) is 0 Å². The van der Waals surface area contributed by atoms with Gasteiger partial charge in [0.1, 0.15) is 0 Å². The van der Waals surface area contributed by atoms with Crippen molar-refractivity contribution < 1.29 is 8.42 Å². The second-order valence-corrected chi connectivity index (χ2v) is 8.39. The summed E-state index contributed by atoms with van der Waals surface area (Å²) < 4.78 is 28.3. The summed E-state index contributed by atoms with van der Waals surface area (Å²) in [7, 11) is -1.63. The van der Waals surface area contributed by atoms with Crippen molar-refractivity contribution in [3.63, 3.8) is 0 Å². The van der Waals surface area contributed by atoms with Crippen molar-refractivity contribution >= 4 is 10.2 Å². The molecule has 120 valence electrons. The predicted octanol–water partition coefficient (Wildman–Crippen LogP) is 1.67. The highest BCUT2D eigenvalue weighted by molar-refractivity contribution is 7.86. The van der Waals surface area contributed by atoms with Gasteiger partial charge in [-0.25, -0.2) is 0 Å². The van der Waals surface area contributed by atoms with E-state index in [1.807, 2.05) is 13.8 Å². The molecule has 5 nitrogen and oxygen atoms in total. The Morgan fingerprint density at radius 1 is 1.20 bits per heavy atom. The Kier molecular flexibility index (Phi) is 6.91. The SMILES string of the molecule is CC(C)NCCCN(C)S(=O)(=O)N(CC1CC1)C(C)C. The van der Waals surface area contributed by atoms with Crippen LogP contribution in [0.3, 0.4) is 0 Å². The average molecular weight is 305 g/mol. The minimum Gasteiger partial charge on any atom is -0.314 e. The van der Waals surface area contributed by atoms with Crippen molar-refractivity contribution in [2.45, 2.75) is 59.0 Å². The number of hydrogen-bond donors (Lipinski definition) is 1. The summed E-state index contributed by atoms with van der Waals surface area (Å²) in [4.78, 5) is 0. The van der Waals surface area contributed by atoms with Crippen molar-refractivity contribution in [2.24, 2.45) is 5.92 Å². The Labute approximate surface area is 124 Å². The van der Waals surface area contributed by atoms with E-state index in [9.17, 15) is 8.42 Å². The third-order valence-corrected chi connectivity index (χ3v) is 5.74. The summed E-state index contributed by atoms with van der Waals surface area (Å²) in [5.74, 6) is 0.572. The summed E-state index contributed by atoms with van der Waals surface area (Å²) in [5, 5.41) is 3.31. The van der Waals surface area contributed by atoms with Crippen LogP contribution in [0.4, 0.5) is 0 Å². The molecule has 1 N–H and O–H groups in total. The van der Waals surface area contributed by atoms with Gasteiger partial charge in [0.2, 0.25) is 0 Å². The fourth-order valence-electron chi connectivity index (χ4n) is 2.11. The Morgan fingerprint density at radius 3 is 2.25 bits per heavy atom. The molecular formula is C14H31N3O2S. The third-order valence-electron chi connectivity index (χ3n) is 3.60. The largest absolute Gasteiger partial charge is 0.314 e. The summed E-state index contributed by atoms with van der Waals surface area (Å²) in [6.07, 6.45) is 3.17. The average Bonchev–Trinajstić information content (AvgIpc) is 3.14. The molecule has 0 aliphatic heterocycles. The van der Waals surface area contributed by atoms with Crippen LogP contribution in [0, 0.1) is 5.92 Å². The molecule has 0 bridgehead atoms. The van der Waals surface area contributed by atoms with Gasteiger partial charge in [-0.2, -0.15) is 17.0 Å². The van der Waals surface area contributed by atoms with E-state index in [1.165, 1.54) is 17.1 Å². The van der Waals surface area contributed by atoms with Crippen molar-refractivity contribution in [2.75, 3.05) is 26.7 Å². The zero-order valence-corrected chi connectivity index (χ0v) is 14.4. The van der Waals surface area contributed by atoms with Crippen LogP contribution in [0.15, 0.2) is 0 Å². The lowest BCUT2D eigenvalue weighted by Gasteiger charge is -2.30. The Morgan fingerprint density at radius 2 is 1.80 bits per heavy atom. The molecule has 0 amide bonds. The van der Waals surface area contributed by atoms with Gasteiger partial charge in [0.15, 0.2) is 0 Å². The van der Waals surface area contributed by atoms with E-state index in [1.54, 1.807) is 11.4 Å². The normalized spacial score (nSPS) is 16.9. The molecule has 0 aromatic heterocycles. The number of hydrogen-bond acceptors (Lipinski definition) is 3. The topological polar surface area (TPSA) is 52.7 Å². The Hall–Kier alpha value is -0.170. The predicted molar refractivity (Wildman–Crippen MR) is 83.9 cm³/mol. The highest BCUT2D eigenvalue weighted by Gasteiger charge is 2.34. The van der Waals surface area contributed by atoms with Crippen LogP contribution in [0.25, 0.3) is 0 Å². The zero-order chi connectivity index (χ0) is 15.3. The summed E-state index contributed by atoms with van der Waals surface area (Å²) in [6.45, 7) is 10.2. The Bertz CT molecular complexity index is 378. The van der Waals surface area contributed by atoms with E-state index in [2.05, 4.69) is 19.2 Å². The van der Waals surface area contributed by atoms with E-state index in [0.29, 0.717) is 25.0 Å². The van der Waals surface area contributed by atoms with Crippen LogP contribution in [0.5, 0.6) is 0 Å². The van der Waals surface area contributed by atoms with Crippen LogP contribution in [-0.4, -0.2) is 55.8 Å². The smallest absolute Gasteiger partial charge is 0.281 e. The van der Waals surface area contributed by atoms with E-state index >= 15 is 0 Å². The molecule has 0 spiro atoms. The standard InChI is InChI=1S/C14H31N3O2S/c1-12(2)15-9-6-10-16(5)20(18,19)17(13(3)4)11-14-7-8-14/h12-15H,6-11H2,1-5H3. The fourth-order valence-corrected chi connectivity index (χ4v) is 3.76. The van der Waals surface area contributed by atoms with Gasteiger partial charge >= 0.3 is 0 Å². The molecule has 0 radical (unpaired) electrons. The molecule has 1 saturated carbocycles. The van der Waals surface area contributed by atoms with Gasteiger partial charge in [0.05, 0.1) is 0 Å². The molecule has 0 atom stereocenters. The van der Waals surface area contributed by atoms with Gasteiger partial charge in [-0.05, 0) is 45.6 Å². The van der Waals surface area contributed by atoms with Gasteiger partial charge in [-0.15, -0.1) is 0 Å². The second kappa shape index (κ2) is 7.73. The molecule has 6 heteroatoms. The minimum absolute atomic E-state index is 0.0249. The third kappa shape index (κ3) is 5.68. The first-order chi connectivity index (χ1) is 9.25. The molecule has 0 aromatic rings. The van der Waals surface area contributed by atoms with Crippen LogP contribution < -0.4 is 5.32 Å². The quantitative estimate of drug-likeness (QED) is 0.625. The molecule has 20 heavy (non-hydrogen) atoms. The lowest BCUT2D eigenvalue weighted by molar-refractivity contribution is 0.307. The van der Waals surface area contributed by atoms with Crippen molar-refractivity contribution in [1.82, 2.24) is 13.9 Å². The summed E-state index contributed by atoms with van der Waals surface area (Å²) in [6, 6.07) is 0.468. The molecule has 0 aromatic carbocycles. The van der Waals surface area contributed by atoms with Crippen molar-refractivity contribution in [3.8, 4) is 0 Å². The first-order valence-electron chi connectivity index (χ1n) is 7.71. The minimum atomic E-state index is -3.32. The number of nitrogens with one attached hydrogen (secondary N) is 1. The van der Waals surface area contributed by atoms with Gasteiger partial charge in [0.25, 0.3) is 10.2 Å². The zero-order valence-electron chi connectivity index (χ0n) is 13.6. The van der Waals surface area contributed by atoms with Crippen LogP contribution in [0.2, 0.25) is 0 Å². The molecule has 1 aliphatic rings. The maximum Gasteiger partial charge on any atom is 0.281 e. The molecule has 0 heterocycles. The van der Waals surface area contributed by atoms with E-state index in [0.717, 1.165) is 13.0 Å². The second-order valence-electron chi connectivity index (χ2n) is 6.40. The maximum absolute atomic E-state index is 12.6. The lowest BCUT2D eigenvalue weighted by atomic mass is 10.3. The first-order valence-corrected chi connectivity index (χ1v) is 9.11. The van der Waals surface area contributed by atoms with E-state index < -0.39 is 10.2 Å². The maximum atomic E-state index is 12.6. The summed E-state index contributed by atoms with van der Waals surface area (Å²) in [5.41, 5.74) is 0. The van der Waals surface area contributed by atoms with Gasteiger partial charge < -0.3 is 5.32 Å². The van der Waals surface area contributed by atoms with Crippen LogP contribution >= 0.6 is 0 Å². The molecule has 0 unspecified atom stereocenters. The highest BCUT2D eigenvalue weighted by Crippen LogP contribution is 2.31. The fraction of sp³-hybridized carbons (Fsp3) is 1.00. The molecule has 1 fully saturated rings. The van der Waals surface area contributed by atoms with Crippen LogP contribution in [0.1, 0.15) is 47.0 Å². The first kappa shape index (κ1) is 17.9. The van der Waals surface area contributed by atoms with Crippen molar-refractivity contribution in [3.05, 3.63) is 0 Å². The van der Waals surface area contributed by atoms with E-state index in [-0.39, 0.29) is 6.04 Å². The van der Waals surface area contributed by atoms with Gasteiger partial charge in [0, 0.05) is 32.2 Å². The van der Waals surface area contributed by atoms with Crippen LogP contribution in [-0.2, 0) is 10.2 Å². The monoisotopic (exact) mass is 305 g/mol. The lowest BCUT2D eigenvalue weighted by Crippen LogP contribution is -2.46. The molecular weight excluding hydrogens is 274 g/mol. The molecule has 0 saturated heterocycles. The van der Waals surface area contributed by atoms with Gasteiger partial charge in [-0.3, -0.25) is 0 Å². The van der Waals surface area contributed by atoms with E-state index in [4.69, 9.17) is 0 Å². The number of nitrogens with zero attached hydrogens (tertiary/aromatic N) is 2. The number of rotatable bonds is 10. The Balaban J connectivity index is 2.50.